The van der Waals surface area contributed by atoms with Crippen LogP contribution in [-0.2, 0) is 0 Å². The summed E-state index contributed by atoms with van der Waals surface area (Å²) in [7, 11) is 0. The van der Waals surface area contributed by atoms with Gasteiger partial charge >= 0.3 is 32.1 Å². The Balaban J connectivity index is -0.00000000595. The zero-order valence-electron chi connectivity index (χ0n) is 5.75. The van der Waals surface area contributed by atoms with Crippen molar-refractivity contribution in [3.05, 3.63) is 0 Å². The Morgan fingerprint density at radius 1 is 0.462 bits per heavy atom. The molecule has 0 aromatic rings. The van der Waals surface area contributed by atoms with Crippen molar-refractivity contribution in [1.29, 1.82) is 0 Å². The third-order valence-corrected chi connectivity index (χ3v) is 0. The monoisotopic (exact) mass is 298 g/mol. The zero-order valence-corrected chi connectivity index (χ0v) is 7.62. The van der Waals surface area contributed by atoms with E-state index in [1.165, 1.54) is 0 Å². The van der Waals surface area contributed by atoms with Gasteiger partial charge in [0, 0.05) is 0 Å². The van der Waals surface area contributed by atoms with Crippen LogP contribution >= 0.6 is 0 Å². The van der Waals surface area contributed by atoms with Crippen molar-refractivity contribution in [3.8, 4) is 0 Å². The Morgan fingerprint density at radius 2 is 0.462 bits per heavy atom. The zero-order chi connectivity index (χ0) is 5.45. The Hall–Kier alpha value is -0.102. The first-order chi connectivity index (χ1) is 2.24. The van der Waals surface area contributed by atoms with Crippen molar-refractivity contribution < 1.29 is 54.9 Å². The summed E-state index contributed by atoms with van der Waals surface area (Å²) in [6.07, 6.45) is 0. The molecule has 0 aliphatic carbocycles. The van der Waals surface area contributed by atoms with E-state index in [2.05, 4.69) is 0 Å². The summed E-state index contributed by atoms with van der Waals surface area (Å²) >= 11 is -8.99. The molecule has 13 heavy (non-hydrogen) atoms. The van der Waals surface area contributed by atoms with E-state index >= 15 is 0 Å². The van der Waals surface area contributed by atoms with Gasteiger partial charge in [0.2, 0.25) is 0 Å². The first-order valence-corrected chi connectivity index (χ1v) is 4.39. The summed E-state index contributed by atoms with van der Waals surface area (Å²) in [5.74, 6) is 0. The van der Waals surface area contributed by atoms with Crippen LogP contribution in [0.5, 0.6) is 0 Å². The molecule has 0 bridgehead atoms. The Labute approximate surface area is 70.7 Å². The van der Waals surface area contributed by atoms with Crippen LogP contribution in [0, 0.1) is 0 Å². The fraction of sp³-hybridized carbons (Fsp3) is 0. The van der Waals surface area contributed by atoms with Gasteiger partial charge in [-0.05, 0) is 0 Å². The van der Waals surface area contributed by atoms with Gasteiger partial charge in [-0.2, -0.15) is 0 Å². The van der Waals surface area contributed by atoms with Gasteiger partial charge in [0.25, 0.3) is 0 Å². The molecule has 0 radical (unpaired) electrons. The molecular formula is H13AsF6O6. The third kappa shape index (κ3) is 113000. The van der Waals surface area contributed by atoms with Crippen LogP contribution in [0.4, 0.5) is 22.0 Å². The Bertz CT molecular complexity index is 50.3. The van der Waals surface area contributed by atoms with E-state index in [0.717, 1.165) is 0 Å². The van der Waals surface area contributed by atoms with E-state index in [1.807, 2.05) is 0 Å². The largest absolute Gasteiger partial charge is 0.412 e. The molecule has 0 saturated heterocycles. The van der Waals surface area contributed by atoms with E-state index in [-0.39, 0.29) is 37.6 Å². The van der Waals surface area contributed by atoms with E-state index in [4.69, 9.17) is 0 Å². The molecule has 0 rings (SSSR count). The topological polar surface area (TPSA) is 189 Å². The third-order valence-electron chi connectivity index (χ3n) is 0. The Kier molecular flexibility index (Phi) is 84.4. The quantitative estimate of drug-likeness (QED) is 0.324. The maximum Gasteiger partial charge on any atom is -0.412 e. The van der Waals surface area contributed by atoms with Gasteiger partial charge in [-0.25, -0.2) is 0 Å². The van der Waals surface area contributed by atoms with Crippen LogP contribution in [0.3, 0.4) is 0 Å². The van der Waals surface area contributed by atoms with Crippen molar-refractivity contribution in [2.45, 2.75) is 0 Å². The number of hydrogen-bond acceptors (Lipinski definition) is 0. The molecule has 12 N–H and O–H groups in total. The number of hydrogen-bond donors (Lipinski definition) is 0. The summed E-state index contributed by atoms with van der Waals surface area (Å²) in [5, 5.41) is 0. The summed E-state index contributed by atoms with van der Waals surface area (Å²) in [6, 6.07) is 0. The first kappa shape index (κ1) is 76.1. The van der Waals surface area contributed by atoms with Gasteiger partial charge in [-0.1, -0.05) is 0 Å². The Morgan fingerprint density at radius 3 is 0.462 bits per heavy atom. The van der Waals surface area contributed by atoms with Gasteiger partial charge in [0.15, 0.2) is 0 Å². The smallest absolute Gasteiger partial charge is 0.412 e. The normalized spacial score (nSPS) is 8.85. The molecule has 0 atom stereocenters. The van der Waals surface area contributed by atoms with Crippen molar-refractivity contribution >= 4 is 14.8 Å². The van der Waals surface area contributed by atoms with Crippen LogP contribution in [-0.4, -0.2) is 47.7 Å². The summed E-state index contributed by atoms with van der Waals surface area (Å²) in [4.78, 5) is 0. The average Bonchev–Trinajstić information content (AvgIpc) is 0.650. The molecule has 0 amide bonds. The first-order valence-electron chi connectivity index (χ1n) is 0.845. The van der Waals surface area contributed by atoms with Gasteiger partial charge in [0.1, 0.15) is 0 Å². The second kappa shape index (κ2) is 14.4. The second-order valence-electron chi connectivity index (χ2n) is 0.639. The summed E-state index contributed by atoms with van der Waals surface area (Å²) < 4.78 is 49.4. The fourth-order valence-electron chi connectivity index (χ4n) is 0. The van der Waals surface area contributed by atoms with Crippen LogP contribution < -0.4 is 0 Å². The SMILES string of the molecule is F.F[As](F)(F)(F)F.O.O.O.O.O.O. The fourth-order valence-corrected chi connectivity index (χ4v) is 0. The average molecular weight is 298 g/mol. The van der Waals surface area contributed by atoms with Crippen molar-refractivity contribution in [1.82, 2.24) is 0 Å². The summed E-state index contributed by atoms with van der Waals surface area (Å²) in [5.41, 5.74) is 0. The van der Waals surface area contributed by atoms with Crippen molar-refractivity contribution in [2.75, 3.05) is 0 Å². The number of halogens is 6. The summed E-state index contributed by atoms with van der Waals surface area (Å²) in [6.45, 7) is 0. The molecule has 0 fully saturated rings. The molecule has 0 aromatic heterocycles. The van der Waals surface area contributed by atoms with Gasteiger partial charge < -0.3 is 32.9 Å². The molecule has 13 heteroatoms. The molecule has 0 aliphatic rings. The molecule has 96 valence electrons. The molecule has 0 heterocycles. The predicted molar refractivity (Wildman–Crippen MR) is 35.5 cm³/mol. The van der Waals surface area contributed by atoms with E-state index in [9.17, 15) is 17.3 Å². The number of rotatable bonds is 0. The van der Waals surface area contributed by atoms with Crippen LogP contribution in [0.1, 0.15) is 0 Å². The molecular weight excluding hydrogens is 285 g/mol. The second-order valence-corrected chi connectivity index (χ2v) is 3.32. The van der Waals surface area contributed by atoms with Crippen molar-refractivity contribution in [2.24, 2.45) is 0 Å². The van der Waals surface area contributed by atoms with Gasteiger partial charge in [-0.3, -0.25) is 4.70 Å². The van der Waals surface area contributed by atoms with E-state index in [0.29, 0.717) is 0 Å². The standard InChI is InChI=1S/AsF5.FH.6H2O/c2-1(3,4,5)6;;;;;;;/h;1H;6*1H2. The molecule has 0 unspecified atom stereocenters. The van der Waals surface area contributed by atoms with Gasteiger partial charge in [0.05, 0.1) is 0 Å². The van der Waals surface area contributed by atoms with E-state index in [1.54, 1.807) is 0 Å². The maximum atomic E-state index is 9.89. The van der Waals surface area contributed by atoms with Crippen molar-refractivity contribution in [3.63, 3.8) is 0 Å². The maximum absolute atomic E-state index is 9.89. The molecule has 0 aromatic carbocycles. The minimum atomic E-state index is -8.99. The minimum absolute atomic E-state index is 0. The molecule has 0 spiro atoms. The van der Waals surface area contributed by atoms with Crippen LogP contribution in [0.2, 0.25) is 0 Å². The van der Waals surface area contributed by atoms with Crippen LogP contribution in [0.25, 0.3) is 0 Å². The molecule has 0 aliphatic heterocycles. The predicted octanol–water partition coefficient (Wildman–Crippen LogP) is -3.08. The van der Waals surface area contributed by atoms with Gasteiger partial charge in [-0.15, -0.1) is 0 Å². The van der Waals surface area contributed by atoms with E-state index < -0.39 is 14.8 Å². The molecule has 6 nitrogen and oxygen atoms in total. The molecule has 0 saturated carbocycles. The minimum Gasteiger partial charge on any atom is -0.412 e. The van der Waals surface area contributed by atoms with Crippen LogP contribution in [0.15, 0.2) is 0 Å².